The summed E-state index contributed by atoms with van der Waals surface area (Å²) < 4.78 is 31.7. The summed E-state index contributed by atoms with van der Waals surface area (Å²) in [5.41, 5.74) is 4.51. The zero-order valence-electron chi connectivity index (χ0n) is 32.1. The maximum absolute atomic E-state index is 13.1. The van der Waals surface area contributed by atoms with Crippen LogP contribution in [0.2, 0.25) is 5.02 Å². The average molecular weight is 772 g/mol. The van der Waals surface area contributed by atoms with Gasteiger partial charge < -0.3 is 34.1 Å². The number of pyridine rings is 1. The van der Waals surface area contributed by atoms with E-state index in [2.05, 4.69) is 41.2 Å². The third kappa shape index (κ3) is 7.17. The number of aryl methyl sites for hydroxylation is 1. The molecule has 6 aliphatic rings. The van der Waals surface area contributed by atoms with Crippen molar-refractivity contribution < 1.29 is 33.6 Å². The number of hydrogen-bond donors (Lipinski definition) is 2. The summed E-state index contributed by atoms with van der Waals surface area (Å²) in [5, 5.41) is 14.7. The van der Waals surface area contributed by atoms with Gasteiger partial charge in [0.15, 0.2) is 11.5 Å². The lowest BCUT2D eigenvalue weighted by Gasteiger charge is -2.47. The van der Waals surface area contributed by atoms with E-state index in [0.29, 0.717) is 62.0 Å². The van der Waals surface area contributed by atoms with E-state index in [9.17, 15) is 9.90 Å². The van der Waals surface area contributed by atoms with Gasteiger partial charge in [-0.25, -0.2) is 4.79 Å². The summed E-state index contributed by atoms with van der Waals surface area (Å²) in [5.74, 6) is 2.85. The van der Waals surface area contributed by atoms with Gasteiger partial charge in [0, 0.05) is 47.8 Å². The van der Waals surface area contributed by atoms with Gasteiger partial charge in [0.25, 0.3) is 0 Å². The van der Waals surface area contributed by atoms with Crippen LogP contribution in [0.3, 0.4) is 0 Å². The van der Waals surface area contributed by atoms with Crippen molar-refractivity contribution >= 4 is 23.3 Å². The second-order valence-electron chi connectivity index (χ2n) is 17.2. The fourth-order valence-corrected chi connectivity index (χ4v) is 10.9. The molecule has 3 aliphatic heterocycles. The highest BCUT2D eigenvalue weighted by Gasteiger charge is 2.55. The van der Waals surface area contributed by atoms with E-state index in [-0.39, 0.29) is 23.7 Å². The molecule has 1 saturated carbocycles. The Balaban J connectivity index is 0.962. The van der Waals surface area contributed by atoms with Gasteiger partial charge in [-0.05, 0) is 128 Å². The molecule has 0 amide bonds. The number of carboxylic acids is 1. The molecular weight excluding hydrogens is 718 g/mol. The quantitative estimate of drug-likeness (QED) is 0.216. The number of carboxylic acid groups (broad SMARTS) is 1. The number of aromatic nitrogens is 1. The second-order valence-corrected chi connectivity index (χ2v) is 17.7. The molecule has 3 aromatic rings. The third-order valence-electron chi connectivity index (χ3n) is 13.5. The first-order valence-corrected chi connectivity index (χ1v) is 20.9. The summed E-state index contributed by atoms with van der Waals surface area (Å²) >= 11 is 6.32. The van der Waals surface area contributed by atoms with E-state index in [1.165, 1.54) is 35.2 Å². The van der Waals surface area contributed by atoms with E-state index >= 15 is 0 Å². The number of rotatable bonds is 10. The van der Waals surface area contributed by atoms with Gasteiger partial charge in [0.05, 0.1) is 32.5 Å². The number of fused-ring (bicyclic) bond motifs is 5. The zero-order chi connectivity index (χ0) is 37.7. The van der Waals surface area contributed by atoms with Crippen LogP contribution in [-0.2, 0) is 32.5 Å². The molecule has 10 nitrogen and oxygen atoms in total. The van der Waals surface area contributed by atoms with Crippen LogP contribution < -0.4 is 19.5 Å². The van der Waals surface area contributed by atoms with E-state index < -0.39 is 11.5 Å². The van der Waals surface area contributed by atoms with Crippen molar-refractivity contribution in [2.45, 2.75) is 107 Å². The Morgan fingerprint density at radius 1 is 1.09 bits per heavy atom. The van der Waals surface area contributed by atoms with Crippen molar-refractivity contribution in [1.82, 2.24) is 9.88 Å². The number of ether oxygens (including phenoxy) is 5. The van der Waals surface area contributed by atoms with Crippen molar-refractivity contribution in [3.63, 3.8) is 0 Å². The first-order valence-electron chi connectivity index (χ1n) is 20.5. The Hall–Kier alpha value is -3.57. The van der Waals surface area contributed by atoms with Crippen molar-refractivity contribution in [3.05, 3.63) is 76.1 Å². The van der Waals surface area contributed by atoms with Crippen LogP contribution in [0.1, 0.15) is 87.1 Å². The van der Waals surface area contributed by atoms with Crippen LogP contribution >= 0.6 is 11.6 Å². The molecule has 1 spiro atoms. The summed E-state index contributed by atoms with van der Waals surface area (Å²) in [6, 6.07) is 13.9. The van der Waals surface area contributed by atoms with E-state index in [4.69, 9.17) is 35.3 Å². The molecule has 0 bridgehead atoms. The smallest absolute Gasteiger partial charge is 0.329 e. The van der Waals surface area contributed by atoms with Crippen LogP contribution in [0.5, 0.6) is 17.2 Å². The minimum absolute atomic E-state index is 0.0385. The van der Waals surface area contributed by atoms with Gasteiger partial charge in [-0.1, -0.05) is 31.5 Å². The Bertz CT molecular complexity index is 1890. The lowest BCUT2D eigenvalue weighted by atomic mass is 9.59. The van der Waals surface area contributed by atoms with Crippen molar-refractivity contribution in [1.29, 1.82) is 0 Å². The van der Waals surface area contributed by atoms with Crippen molar-refractivity contribution in [3.8, 4) is 17.2 Å². The number of nitrogens with zero attached hydrogens (tertiary/aromatic N) is 2. The van der Waals surface area contributed by atoms with Gasteiger partial charge in [0.2, 0.25) is 0 Å². The summed E-state index contributed by atoms with van der Waals surface area (Å²) in [7, 11) is 0. The van der Waals surface area contributed by atoms with Crippen LogP contribution in [0.25, 0.3) is 0 Å². The first kappa shape index (κ1) is 37.0. The Morgan fingerprint density at radius 3 is 2.64 bits per heavy atom. The highest BCUT2D eigenvalue weighted by Crippen LogP contribution is 2.58. The number of benzene rings is 2. The third-order valence-corrected chi connectivity index (χ3v) is 13.8. The molecule has 294 valence electrons. The Kier molecular flexibility index (Phi) is 10.1. The van der Waals surface area contributed by atoms with Gasteiger partial charge in [-0.15, -0.1) is 0 Å². The van der Waals surface area contributed by atoms with Crippen molar-refractivity contribution in [2.75, 3.05) is 51.4 Å². The molecule has 2 N–H and O–H groups in total. The van der Waals surface area contributed by atoms with Crippen LogP contribution in [0.4, 0.5) is 5.69 Å². The minimum Gasteiger partial charge on any atom is -0.493 e. The molecule has 0 radical (unpaired) electrons. The van der Waals surface area contributed by atoms with Gasteiger partial charge in [0.1, 0.15) is 23.5 Å². The van der Waals surface area contributed by atoms with Gasteiger partial charge in [-0.2, -0.15) is 0 Å². The SMILES string of the molecule is C[C@@H](COc1ccnc2c1[C@H](C)CCC2)C[C@H]1Cc2cc3c(cc2C12CCC(Nc1cccc(Cl)c1)(C(=O)O)CC2)O[C@H]1CN(C[C@@H]2COCCO2)C[C@H]1O3. The molecule has 3 aliphatic carbocycles. The van der Waals surface area contributed by atoms with E-state index in [1.54, 1.807) is 0 Å². The summed E-state index contributed by atoms with van der Waals surface area (Å²) in [6.45, 7) is 9.51. The Labute approximate surface area is 329 Å². The molecular formula is C44H54ClN3O7. The predicted molar refractivity (Wildman–Crippen MR) is 210 cm³/mol. The lowest BCUT2D eigenvalue weighted by Crippen LogP contribution is -2.53. The topological polar surface area (TPSA) is 112 Å². The molecule has 11 heteroatoms. The molecule has 2 saturated heterocycles. The number of halogens is 1. The van der Waals surface area contributed by atoms with E-state index in [1.807, 2.05) is 36.5 Å². The maximum atomic E-state index is 13.1. The predicted octanol–water partition coefficient (Wildman–Crippen LogP) is 7.44. The number of aliphatic carboxylic acids is 1. The fourth-order valence-electron chi connectivity index (χ4n) is 10.7. The monoisotopic (exact) mass is 771 g/mol. The normalized spacial score (nSPS) is 31.7. The highest BCUT2D eigenvalue weighted by molar-refractivity contribution is 6.30. The number of nitrogens with one attached hydrogen (secondary N) is 1. The highest BCUT2D eigenvalue weighted by atomic mass is 35.5. The van der Waals surface area contributed by atoms with Crippen LogP contribution in [0.15, 0.2) is 48.7 Å². The standard InChI is InChI=1S/C44H54ClN3O7/c1-27(25-53-36-9-14-46-35-8-3-5-28(2)41(35)36)17-30-18-29-19-37-38(55-40-24-48(23-39(40)54-37)22-33-26-51-15-16-52-33)21-34(29)43(30)10-12-44(13-11-43,42(49)50)47-32-7-4-6-31(45)20-32/h4,6-7,9,14,19-21,27-28,30,33,39-40,47H,3,5,8,10-13,15-18,22-26H2,1-2H3,(H,49,50)/t27-,28-,30+,33-,39-,40+,43?,44?/m1/s1. The molecule has 3 fully saturated rings. The van der Waals surface area contributed by atoms with E-state index in [0.717, 1.165) is 74.7 Å². The van der Waals surface area contributed by atoms with Gasteiger partial charge in [-0.3, -0.25) is 9.88 Å². The number of carbonyl (C=O) groups is 1. The molecule has 6 atom stereocenters. The minimum atomic E-state index is -1.09. The van der Waals surface area contributed by atoms with Crippen LogP contribution in [-0.4, -0.2) is 90.9 Å². The Morgan fingerprint density at radius 2 is 1.89 bits per heavy atom. The first-order chi connectivity index (χ1) is 26.7. The lowest BCUT2D eigenvalue weighted by molar-refractivity contribution is -0.144. The molecule has 1 aromatic heterocycles. The molecule has 9 rings (SSSR count). The molecule has 4 heterocycles. The number of likely N-dealkylation sites (tertiary alicyclic amines) is 1. The number of anilines is 1. The largest absolute Gasteiger partial charge is 0.493 e. The second kappa shape index (κ2) is 15.1. The fraction of sp³-hybridized carbons (Fsp3) is 0.591. The van der Waals surface area contributed by atoms with Crippen molar-refractivity contribution in [2.24, 2.45) is 11.8 Å². The van der Waals surface area contributed by atoms with Crippen LogP contribution in [0, 0.1) is 11.8 Å². The molecule has 0 unspecified atom stereocenters. The molecule has 2 aromatic carbocycles. The maximum Gasteiger partial charge on any atom is 0.329 e. The zero-order valence-corrected chi connectivity index (χ0v) is 32.8. The summed E-state index contributed by atoms with van der Waals surface area (Å²) in [6.07, 6.45) is 9.60. The summed E-state index contributed by atoms with van der Waals surface area (Å²) in [4.78, 5) is 20.2. The number of hydrogen-bond acceptors (Lipinski definition) is 9. The average Bonchev–Trinajstić information content (AvgIpc) is 3.69. The van der Waals surface area contributed by atoms with Gasteiger partial charge >= 0.3 is 5.97 Å². The molecule has 55 heavy (non-hydrogen) atoms.